The Morgan fingerprint density at radius 1 is 1.12 bits per heavy atom. The fourth-order valence-electron chi connectivity index (χ4n) is 3.19. The van der Waals surface area contributed by atoms with Crippen molar-refractivity contribution in [3.8, 4) is 0 Å². The molecule has 4 nitrogen and oxygen atoms in total. The van der Waals surface area contributed by atoms with Gasteiger partial charge in [0.15, 0.2) is 0 Å². The van der Waals surface area contributed by atoms with E-state index in [1.54, 1.807) is 0 Å². The molecule has 0 aliphatic carbocycles. The summed E-state index contributed by atoms with van der Waals surface area (Å²) in [6, 6.07) is 17.6. The van der Waals surface area contributed by atoms with Crippen LogP contribution in [0.25, 0.3) is 10.9 Å². The van der Waals surface area contributed by atoms with Crippen molar-refractivity contribution in [2.24, 2.45) is 0 Å². The Hall–Kier alpha value is -2.59. The van der Waals surface area contributed by atoms with E-state index in [-0.39, 0.29) is 18.8 Å². The van der Waals surface area contributed by atoms with Gasteiger partial charge in [0.05, 0.1) is 11.1 Å². The lowest BCUT2D eigenvalue weighted by molar-refractivity contribution is 0.0469. The predicted octanol–water partition coefficient (Wildman–Crippen LogP) is 4.31. The molecular weight excluding hydrogens is 302 g/mol. The SMILES string of the molecule is O=C(OCc1ccccc1)c1cn(C2CCCO2)c2ccccc12. The molecule has 0 bridgehead atoms. The molecule has 2 aromatic carbocycles. The zero-order valence-corrected chi connectivity index (χ0v) is 13.4. The average molecular weight is 321 g/mol. The fraction of sp³-hybridized carbons (Fsp3) is 0.250. The highest BCUT2D eigenvalue weighted by atomic mass is 16.5. The highest BCUT2D eigenvalue weighted by Gasteiger charge is 2.23. The van der Waals surface area contributed by atoms with E-state index in [1.807, 2.05) is 60.8 Å². The van der Waals surface area contributed by atoms with E-state index < -0.39 is 0 Å². The minimum atomic E-state index is -0.299. The smallest absolute Gasteiger partial charge is 0.340 e. The molecule has 4 heteroatoms. The Balaban J connectivity index is 1.62. The van der Waals surface area contributed by atoms with Gasteiger partial charge in [-0.1, -0.05) is 48.5 Å². The predicted molar refractivity (Wildman–Crippen MR) is 91.7 cm³/mol. The highest BCUT2D eigenvalue weighted by Crippen LogP contribution is 2.30. The number of nitrogens with zero attached hydrogens (tertiary/aromatic N) is 1. The topological polar surface area (TPSA) is 40.5 Å². The Kier molecular flexibility index (Phi) is 4.05. The summed E-state index contributed by atoms with van der Waals surface area (Å²) < 4.78 is 13.3. The zero-order chi connectivity index (χ0) is 16.4. The number of hydrogen-bond acceptors (Lipinski definition) is 3. The first-order valence-electron chi connectivity index (χ1n) is 8.25. The third kappa shape index (κ3) is 2.81. The number of fused-ring (bicyclic) bond motifs is 1. The van der Waals surface area contributed by atoms with Crippen molar-refractivity contribution in [3.63, 3.8) is 0 Å². The van der Waals surface area contributed by atoms with Crippen molar-refractivity contribution in [1.82, 2.24) is 4.57 Å². The third-order valence-electron chi connectivity index (χ3n) is 4.39. The van der Waals surface area contributed by atoms with Crippen LogP contribution in [-0.4, -0.2) is 17.1 Å². The van der Waals surface area contributed by atoms with Crippen LogP contribution >= 0.6 is 0 Å². The first kappa shape index (κ1) is 15.0. The van der Waals surface area contributed by atoms with Crippen molar-refractivity contribution >= 4 is 16.9 Å². The highest BCUT2D eigenvalue weighted by molar-refractivity contribution is 6.04. The van der Waals surface area contributed by atoms with Crippen molar-refractivity contribution in [2.75, 3.05) is 6.61 Å². The molecule has 1 saturated heterocycles. The normalized spacial score (nSPS) is 17.2. The number of rotatable bonds is 4. The monoisotopic (exact) mass is 321 g/mol. The summed E-state index contributed by atoms with van der Waals surface area (Å²) in [5.41, 5.74) is 2.59. The molecule has 24 heavy (non-hydrogen) atoms. The lowest BCUT2D eigenvalue weighted by Crippen LogP contribution is -2.07. The number of benzene rings is 2. The van der Waals surface area contributed by atoms with Gasteiger partial charge in [-0.05, 0) is 24.5 Å². The maximum absolute atomic E-state index is 12.6. The molecule has 3 aromatic rings. The molecule has 1 unspecified atom stereocenters. The van der Waals surface area contributed by atoms with Gasteiger partial charge in [0, 0.05) is 18.2 Å². The number of para-hydroxylation sites is 1. The summed E-state index contributed by atoms with van der Waals surface area (Å²) in [5, 5.41) is 0.908. The first-order valence-corrected chi connectivity index (χ1v) is 8.25. The first-order chi connectivity index (χ1) is 11.8. The number of ether oxygens (including phenoxy) is 2. The van der Waals surface area contributed by atoms with Crippen molar-refractivity contribution in [3.05, 3.63) is 71.9 Å². The van der Waals surface area contributed by atoms with E-state index in [1.165, 1.54) is 0 Å². The molecule has 1 aliphatic heterocycles. The molecular formula is C20H19NO3. The molecule has 1 atom stereocenters. The number of esters is 1. The summed E-state index contributed by atoms with van der Waals surface area (Å²) in [5.74, 6) is -0.299. The lowest BCUT2D eigenvalue weighted by Gasteiger charge is -2.12. The van der Waals surface area contributed by atoms with Gasteiger partial charge in [-0.3, -0.25) is 0 Å². The van der Waals surface area contributed by atoms with Crippen LogP contribution in [0.1, 0.15) is 35.0 Å². The van der Waals surface area contributed by atoms with Crippen LogP contribution in [0.3, 0.4) is 0 Å². The van der Waals surface area contributed by atoms with Crippen LogP contribution in [0.4, 0.5) is 0 Å². The van der Waals surface area contributed by atoms with E-state index >= 15 is 0 Å². The third-order valence-corrected chi connectivity index (χ3v) is 4.39. The quantitative estimate of drug-likeness (QED) is 0.672. The Morgan fingerprint density at radius 2 is 1.92 bits per heavy atom. The van der Waals surface area contributed by atoms with Gasteiger partial charge in [-0.2, -0.15) is 0 Å². The average Bonchev–Trinajstić information content (AvgIpc) is 3.28. The Morgan fingerprint density at radius 3 is 2.71 bits per heavy atom. The minimum Gasteiger partial charge on any atom is -0.457 e. The van der Waals surface area contributed by atoms with Gasteiger partial charge < -0.3 is 14.0 Å². The van der Waals surface area contributed by atoms with Crippen LogP contribution in [0.15, 0.2) is 60.8 Å². The molecule has 0 N–H and O–H groups in total. The molecule has 0 radical (unpaired) electrons. The van der Waals surface area contributed by atoms with Crippen molar-refractivity contribution in [2.45, 2.75) is 25.7 Å². The van der Waals surface area contributed by atoms with E-state index in [9.17, 15) is 4.79 Å². The molecule has 122 valence electrons. The molecule has 0 spiro atoms. The minimum absolute atomic E-state index is 0.00516. The summed E-state index contributed by atoms with van der Waals surface area (Å²) >= 11 is 0. The zero-order valence-electron chi connectivity index (χ0n) is 13.4. The molecule has 1 fully saturated rings. The summed E-state index contributed by atoms with van der Waals surface area (Å²) in [6.45, 7) is 1.05. The maximum Gasteiger partial charge on any atom is 0.340 e. The summed E-state index contributed by atoms with van der Waals surface area (Å²) in [7, 11) is 0. The van der Waals surface area contributed by atoms with E-state index in [4.69, 9.17) is 9.47 Å². The van der Waals surface area contributed by atoms with Crippen molar-refractivity contribution in [1.29, 1.82) is 0 Å². The Labute approximate surface area is 140 Å². The van der Waals surface area contributed by atoms with Crippen LogP contribution in [-0.2, 0) is 16.1 Å². The standard InChI is InChI=1S/C20H19NO3/c22-20(24-14-15-7-2-1-3-8-15)17-13-21(19-11-6-12-23-19)18-10-5-4-9-16(17)18/h1-5,7-10,13,19H,6,11-12,14H2. The maximum atomic E-state index is 12.6. The van der Waals surface area contributed by atoms with Gasteiger partial charge in [0.2, 0.25) is 0 Å². The van der Waals surface area contributed by atoms with Crippen molar-refractivity contribution < 1.29 is 14.3 Å². The van der Waals surface area contributed by atoms with Gasteiger partial charge in [0.1, 0.15) is 12.8 Å². The molecule has 0 amide bonds. The molecule has 1 aromatic heterocycles. The van der Waals surface area contributed by atoms with E-state index in [0.717, 1.165) is 35.9 Å². The second-order valence-corrected chi connectivity index (χ2v) is 6.00. The molecule has 0 saturated carbocycles. The van der Waals surface area contributed by atoms with Gasteiger partial charge in [-0.25, -0.2) is 4.79 Å². The number of aromatic nitrogens is 1. The van der Waals surface area contributed by atoms with Gasteiger partial charge in [0.25, 0.3) is 0 Å². The van der Waals surface area contributed by atoms with Crippen LogP contribution in [0.5, 0.6) is 0 Å². The fourth-order valence-corrected chi connectivity index (χ4v) is 3.19. The Bertz CT molecular complexity index is 848. The van der Waals surface area contributed by atoms with Crippen LogP contribution in [0, 0.1) is 0 Å². The molecule has 1 aliphatic rings. The molecule has 2 heterocycles. The second-order valence-electron chi connectivity index (χ2n) is 6.00. The number of hydrogen-bond donors (Lipinski definition) is 0. The van der Waals surface area contributed by atoms with Crippen LogP contribution in [0.2, 0.25) is 0 Å². The number of carbonyl (C=O) groups excluding carboxylic acids is 1. The van der Waals surface area contributed by atoms with Gasteiger partial charge >= 0.3 is 5.97 Å². The summed E-state index contributed by atoms with van der Waals surface area (Å²) in [6.07, 6.45) is 3.89. The largest absolute Gasteiger partial charge is 0.457 e. The van der Waals surface area contributed by atoms with E-state index in [2.05, 4.69) is 4.57 Å². The van der Waals surface area contributed by atoms with Gasteiger partial charge in [-0.15, -0.1) is 0 Å². The molecule has 4 rings (SSSR count). The number of carbonyl (C=O) groups is 1. The van der Waals surface area contributed by atoms with Crippen LogP contribution < -0.4 is 0 Å². The summed E-state index contributed by atoms with van der Waals surface area (Å²) in [4.78, 5) is 12.6. The van der Waals surface area contributed by atoms with E-state index in [0.29, 0.717) is 5.56 Å². The second kappa shape index (κ2) is 6.49. The lowest BCUT2D eigenvalue weighted by atomic mass is 10.2.